The topological polar surface area (TPSA) is 121 Å². The van der Waals surface area contributed by atoms with Crippen LogP contribution in [0.5, 0.6) is 0 Å². The van der Waals surface area contributed by atoms with E-state index in [-0.39, 0.29) is 18.0 Å². The van der Waals surface area contributed by atoms with Crippen molar-refractivity contribution in [2.24, 2.45) is 26.4 Å². The quantitative estimate of drug-likeness (QED) is 0.665. The summed E-state index contributed by atoms with van der Waals surface area (Å²) in [7, 11) is 0. The van der Waals surface area contributed by atoms with Gasteiger partial charge in [-0.1, -0.05) is 0 Å². The molecule has 5 rings (SSSR count). The number of furan rings is 1. The summed E-state index contributed by atoms with van der Waals surface area (Å²) in [5.74, 6) is 0.156. The average molecular weight is 428 g/mol. The van der Waals surface area contributed by atoms with E-state index >= 15 is 0 Å². The molecular weight excluding hydrogens is 406 g/mol. The molecule has 9 nitrogen and oxygen atoms in total. The lowest BCUT2D eigenvalue weighted by Crippen LogP contribution is -2.55. The first-order valence-electron chi connectivity index (χ1n) is 10.0. The van der Waals surface area contributed by atoms with E-state index in [1.54, 1.807) is 12.3 Å². The van der Waals surface area contributed by atoms with Gasteiger partial charge in [0.05, 0.1) is 6.26 Å². The molecule has 2 atom stereocenters. The van der Waals surface area contributed by atoms with Crippen molar-refractivity contribution in [1.82, 2.24) is 15.3 Å². The van der Waals surface area contributed by atoms with Gasteiger partial charge in [-0.25, -0.2) is 18.8 Å². The number of guanidine groups is 3. The normalized spacial score (nSPS) is 25.9. The zero-order valence-electron chi connectivity index (χ0n) is 16.6. The zero-order valence-corrected chi connectivity index (χ0v) is 16.6. The zero-order chi connectivity index (χ0) is 21.6. The van der Waals surface area contributed by atoms with Crippen LogP contribution in [0, 0.1) is 11.6 Å². The molecule has 31 heavy (non-hydrogen) atoms. The maximum atomic E-state index is 14.2. The lowest BCUT2D eigenvalue weighted by Gasteiger charge is -2.33. The standard InChI is InChI=1S/C20H22F2N8O/c21-13-5-6-15(22)12(9-13)11-29-7-1-3-14(29)10-20(16-4-2-8-31-16)27-19-26-17(23)25-18(24)30(19)28-20/h2,4-6,8-9,14,28H,1,3,7,10-11H2,(H4,23,24,25,26,27). The summed E-state index contributed by atoms with van der Waals surface area (Å²) in [6.07, 6.45) is 3.88. The number of nitrogens with zero attached hydrogens (tertiary/aromatic N) is 5. The molecule has 1 aromatic heterocycles. The van der Waals surface area contributed by atoms with Crippen LogP contribution in [0.15, 0.2) is 56.0 Å². The first-order valence-corrected chi connectivity index (χ1v) is 10.0. The molecule has 0 saturated carbocycles. The minimum atomic E-state index is -0.985. The van der Waals surface area contributed by atoms with Crippen LogP contribution >= 0.6 is 0 Å². The van der Waals surface area contributed by atoms with Gasteiger partial charge in [0.15, 0.2) is 5.66 Å². The lowest BCUT2D eigenvalue weighted by atomic mass is 9.96. The fourth-order valence-electron chi connectivity index (χ4n) is 4.38. The summed E-state index contributed by atoms with van der Waals surface area (Å²) in [6, 6.07) is 7.16. The molecule has 2 unspecified atom stereocenters. The molecule has 5 N–H and O–H groups in total. The van der Waals surface area contributed by atoms with E-state index in [1.165, 1.54) is 11.1 Å². The monoisotopic (exact) mass is 428 g/mol. The van der Waals surface area contributed by atoms with Crippen LogP contribution in [-0.2, 0) is 12.2 Å². The van der Waals surface area contributed by atoms with Crippen molar-refractivity contribution in [2.45, 2.75) is 37.5 Å². The smallest absolute Gasteiger partial charge is 0.248 e. The van der Waals surface area contributed by atoms with E-state index in [0.717, 1.165) is 31.5 Å². The predicted octanol–water partition coefficient (Wildman–Crippen LogP) is 1.58. The third-order valence-corrected chi connectivity index (χ3v) is 5.80. The van der Waals surface area contributed by atoms with Gasteiger partial charge < -0.3 is 15.9 Å². The maximum absolute atomic E-state index is 14.2. The Hall–Kier alpha value is -3.31. The number of fused-ring (bicyclic) bond motifs is 1. The third kappa shape index (κ3) is 3.55. The van der Waals surface area contributed by atoms with Gasteiger partial charge >= 0.3 is 0 Å². The number of halogens is 2. The second kappa shape index (κ2) is 7.43. The Kier molecular flexibility index (Phi) is 4.71. The van der Waals surface area contributed by atoms with Crippen LogP contribution in [0.4, 0.5) is 8.78 Å². The summed E-state index contributed by atoms with van der Waals surface area (Å²) < 4.78 is 33.6. The third-order valence-electron chi connectivity index (χ3n) is 5.80. The van der Waals surface area contributed by atoms with Gasteiger partial charge in [-0.3, -0.25) is 4.90 Å². The summed E-state index contributed by atoms with van der Waals surface area (Å²) in [4.78, 5) is 15.1. The van der Waals surface area contributed by atoms with Crippen molar-refractivity contribution in [3.8, 4) is 0 Å². The van der Waals surface area contributed by atoms with Crippen molar-refractivity contribution < 1.29 is 13.2 Å². The number of rotatable bonds is 5. The molecule has 0 spiro atoms. The summed E-state index contributed by atoms with van der Waals surface area (Å²) in [5.41, 5.74) is 14.4. The number of likely N-dealkylation sites (tertiary alicyclic amines) is 1. The second-order valence-electron chi connectivity index (χ2n) is 7.84. The van der Waals surface area contributed by atoms with Crippen LogP contribution in [0.25, 0.3) is 0 Å². The number of benzene rings is 1. The van der Waals surface area contributed by atoms with Gasteiger partial charge in [0.1, 0.15) is 17.4 Å². The Bertz CT molecular complexity index is 1080. The molecule has 0 radical (unpaired) electrons. The number of hydrogen-bond donors (Lipinski definition) is 3. The molecule has 11 heteroatoms. The van der Waals surface area contributed by atoms with E-state index in [9.17, 15) is 8.78 Å². The minimum Gasteiger partial charge on any atom is -0.465 e. The molecule has 162 valence electrons. The van der Waals surface area contributed by atoms with Crippen molar-refractivity contribution in [2.75, 3.05) is 6.54 Å². The van der Waals surface area contributed by atoms with E-state index in [0.29, 0.717) is 30.2 Å². The van der Waals surface area contributed by atoms with E-state index in [4.69, 9.17) is 20.9 Å². The summed E-state index contributed by atoms with van der Waals surface area (Å²) in [6.45, 7) is 1.07. The van der Waals surface area contributed by atoms with Gasteiger partial charge in [-0.2, -0.15) is 15.4 Å². The summed E-state index contributed by atoms with van der Waals surface area (Å²) in [5, 5.41) is 1.48. The largest absolute Gasteiger partial charge is 0.465 e. The molecule has 3 aliphatic rings. The molecule has 2 aromatic rings. The van der Waals surface area contributed by atoms with Crippen LogP contribution < -0.4 is 16.9 Å². The Labute approximate surface area is 177 Å². The SMILES string of the molecule is NC1=NC2=NC(CC3CCCN3Cc3cc(F)ccc3F)(c3ccco3)NN2C(N)=N1. The first-order chi connectivity index (χ1) is 14.9. The maximum Gasteiger partial charge on any atom is 0.248 e. The highest BCUT2D eigenvalue weighted by molar-refractivity contribution is 6.11. The number of nitrogens with two attached hydrogens (primary N) is 2. The molecular formula is C20H22F2N8O. The van der Waals surface area contributed by atoms with Gasteiger partial charge in [0.25, 0.3) is 0 Å². The molecule has 0 amide bonds. The molecule has 0 aliphatic carbocycles. The fraction of sp³-hybridized carbons (Fsp3) is 0.350. The van der Waals surface area contributed by atoms with Crippen LogP contribution in [0.2, 0.25) is 0 Å². The second-order valence-corrected chi connectivity index (χ2v) is 7.84. The molecule has 0 bridgehead atoms. The molecule has 4 heterocycles. The Morgan fingerprint density at radius 3 is 2.90 bits per heavy atom. The highest BCUT2D eigenvalue weighted by atomic mass is 19.1. The lowest BCUT2D eigenvalue weighted by molar-refractivity contribution is 0.146. The van der Waals surface area contributed by atoms with Gasteiger partial charge in [0, 0.05) is 24.6 Å². The highest BCUT2D eigenvalue weighted by Gasteiger charge is 2.48. The average Bonchev–Trinajstić information content (AvgIpc) is 3.46. The molecule has 1 aromatic carbocycles. The van der Waals surface area contributed by atoms with E-state index < -0.39 is 17.3 Å². The van der Waals surface area contributed by atoms with E-state index in [1.807, 2.05) is 6.07 Å². The van der Waals surface area contributed by atoms with Gasteiger partial charge in [-0.05, 0) is 49.7 Å². The van der Waals surface area contributed by atoms with Crippen LogP contribution in [0.3, 0.4) is 0 Å². The fourth-order valence-corrected chi connectivity index (χ4v) is 4.38. The van der Waals surface area contributed by atoms with Crippen molar-refractivity contribution in [3.05, 3.63) is 59.6 Å². The van der Waals surface area contributed by atoms with Gasteiger partial charge in [0.2, 0.25) is 17.9 Å². The first kappa shape index (κ1) is 19.6. The van der Waals surface area contributed by atoms with Crippen molar-refractivity contribution >= 4 is 17.9 Å². The number of aliphatic imine (C=N–C) groups is 3. The van der Waals surface area contributed by atoms with Crippen molar-refractivity contribution in [1.29, 1.82) is 0 Å². The Morgan fingerprint density at radius 1 is 1.23 bits per heavy atom. The number of hydrazine groups is 1. The Morgan fingerprint density at radius 2 is 2.10 bits per heavy atom. The van der Waals surface area contributed by atoms with Crippen LogP contribution in [0.1, 0.15) is 30.6 Å². The van der Waals surface area contributed by atoms with Crippen molar-refractivity contribution in [3.63, 3.8) is 0 Å². The molecule has 1 saturated heterocycles. The Balaban J connectivity index is 1.44. The molecule has 1 fully saturated rings. The number of hydrogen-bond acceptors (Lipinski definition) is 9. The van der Waals surface area contributed by atoms with Crippen LogP contribution in [-0.4, -0.2) is 40.4 Å². The molecule has 3 aliphatic heterocycles. The summed E-state index contributed by atoms with van der Waals surface area (Å²) >= 11 is 0. The highest BCUT2D eigenvalue weighted by Crippen LogP contribution is 2.38. The minimum absolute atomic E-state index is 0.0219. The van der Waals surface area contributed by atoms with E-state index in [2.05, 4.69) is 20.3 Å². The number of nitrogens with one attached hydrogen (secondary N) is 1. The van der Waals surface area contributed by atoms with Gasteiger partial charge in [-0.15, -0.1) is 0 Å². The predicted molar refractivity (Wildman–Crippen MR) is 110 cm³/mol.